The van der Waals surface area contributed by atoms with Crippen LogP contribution in [0.1, 0.15) is 26.2 Å². The maximum absolute atomic E-state index is 12.1. The summed E-state index contributed by atoms with van der Waals surface area (Å²) in [6.45, 7) is 1.67. The van der Waals surface area contributed by atoms with Crippen molar-refractivity contribution in [2.24, 2.45) is 11.5 Å². The third-order valence-electron chi connectivity index (χ3n) is 3.31. The minimum absolute atomic E-state index is 0.296. The van der Waals surface area contributed by atoms with E-state index in [-0.39, 0.29) is 6.42 Å². The molecule has 6 N–H and O–H groups in total. The quantitative estimate of drug-likeness (QED) is 0.435. The zero-order valence-electron chi connectivity index (χ0n) is 11.7. The van der Waals surface area contributed by atoms with E-state index in [1.165, 1.54) is 11.8 Å². The largest absolute Gasteiger partial charge is 0.480 e. The second kappa shape index (κ2) is 7.02. The summed E-state index contributed by atoms with van der Waals surface area (Å²) in [6, 6.07) is -2.90. The number of carboxylic acid groups (broad SMARTS) is 1. The minimum Gasteiger partial charge on any atom is -0.480 e. The SMILES string of the molecule is C[C@H](NC(=O)[C@@H]1CCCN1C(=O)[C@@H](N)CC(N)=O)C(=O)O. The average Bonchev–Trinajstić information content (AvgIpc) is 2.85. The number of rotatable bonds is 6. The third-order valence-corrected chi connectivity index (χ3v) is 3.31. The fraction of sp³-hybridized carbons (Fsp3) is 0.667. The van der Waals surface area contributed by atoms with Gasteiger partial charge < -0.3 is 26.8 Å². The van der Waals surface area contributed by atoms with Crippen molar-refractivity contribution in [2.75, 3.05) is 6.54 Å². The predicted octanol–water partition coefficient (Wildman–Crippen LogP) is -2.23. The van der Waals surface area contributed by atoms with Gasteiger partial charge in [0.1, 0.15) is 12.1 Å². The number of carbonyl (C=O) groups is 4. The first-order valence-electron chi connectivity index (χ1n) is 6.61. The van der Waals surface area contributed by atoms with Crippen molar-refractivity contribution in [3.63, 3.8) is 0 Å². The van der Waals surface area contributed by atoms with Gasteiger partial charge in [-0.3, -0.25) is 19.2 Å². The van der Waals surface area contributed by atoms with Crippen LogP contribution in [0.15, 0.2) is 0 Å². The summed E-state index contributed by atoms with van der Waals surface area (Å²) < 4.78 is 0. The van der Waals surface area contributed by atoms with Gasteiger partial charge in [0, 0.05) is 6.54 Å². The first kappa shape index (κ1) is 16.9. The molecule has 0 bridgehead atoms. The van der Waals surface area contributed by atoms with Crippen LogP contribution in [0.5, 0.6) is 0 Å². The standard InChI is InChI=1S/C12H20N4O5/c1-6(12(20)21)15-10(18)8-3-2-4-16(8)11(19)7(13)5-9(14)17/h6-8H,2-5,13H2,1H3,(H2,14,17)(H,15,18)(H,20,21)/t6-,7-,8-/m0/s1. The van der Waals surface area contributed by atoms with Gasteiger partial charge in [0.25, 0.3) is 0 Å². The molecule has 1 saturated heterocycles. The predicted molar refractivity (Wildman–Crippen MR) is 71.8 cm³/mol. The number of carboxylic acids is 1. The number of amides is 3. The van der Waals surface area contributed by atoms with Crippen LogP contribution in [0.4, 0.5) is 0 Å². The molecule has 3 amide bonds. The number of hydrogen-bond donors (Lipinski definition) is 4. The van der Waals surface area contributed by atoms with Crippen LogP contribution in [0, 0.1) is 0 Å². The fourth-order valence-electron chi connectivity index (χ4n) is 2.19. The Labute approximate surface area is 121 Å². The molecule has 0 aromatic rings. The van der Waals surface area contributed by atoms with E-state index in [1.807, 2.05) is 0 Å². The summed E-state index contributed by atoms with van der Waals surface area (Å²) in [5.74, 6) is -2.93. The molecule has 0 spiro atoms. The van der Waals surface area contributed by atoms with Gasteiger partial charge in [-0.05, 0) is 19.8 Å². The molecule has 0 aromatic carbocycles. The molecule has 0 radical (unpaired) electrons. The van der Waals surface area contributed by atoms with Crippen molar-refractivity contribution < 1.29 is 24.3 Å². The van der Waals surface area contributed by atoms with Crippen LogP contribution in [-0.2, 0) is 19.2 Å². The zero-order valence-corrected chi connectivity index (χ0v) is 11.7. The Bertz CT molecular complexity index is 453. The van der Waals surface area contributed by atoms with Crippen molar-refractivity contribution in [1.29, 1.82) is 0 Å². The van der Waals surface area contributed by atoms with E-state index in [4.69, 9.17) is 16.6 Å². The van der Waals surface area contributed by atoms with Crippen molar-refractivity contribution in [2.45, 2.75) is 44.3 Å². The molecule has 9 heteroatoms. The second-order valence-corrected chi connectivity index (χ2v) is 5.04. The van der Waals surface area contributed by atoms with Gasteiger partial charge in [0.05, 0.1) is 12.5 Å². The maximum Gasteiger partial charge on any atom is 0.325 e. The molecule has 0 saturated carbocycles. The third kappa shape index (κ3) is 4.42. The highest BCUT2D eigenvalue weighted by atomic mass is 16.4. The van der Waals surface area contributed by atoms with Gasteiger partial charge in [-0.15, -0.1) is 0 Å². The molecule has 1 aliphatic heterocycles. The zero-order chi connectivity index (χ0) is 16.2. The molecule has 1 aliphatic rings. The van der Waals surface area contributed by atoms with E-state index in [1.54, 1.807) is 0 Å². The highest BCUT2D eigenvalue weighted by Crippen LogP contribution is 2.19. The van der Waals surface area contributed by atoms with Crippen LogP contribution in [0.3, 0.4) is 0 Å². The van der Waals surface area contributed by atoms with E-state index in [0.29, 0.717) is 19.4 Å². The Kier molecular flexibility index (Phi) is 5.65. The Hall–Kier alpha value is -2.16. The average molecular weight is 300 g/mol. The van der Waals surface area contributed by atoms with E-state index < -0.39 is 41.8 Å². The van der Waals surface area contributed by atoms with Crippen LogP contribution in [-0.4, -0.2) is 58.4 Å². The van der Waals surface area contributed by atoms with Gasteiger partial charge in [0.2, 0.25) is 17.7 Å². The van der Waals surface area contributed by atoms with Crippen molar-refractivity contribution >= 4 is 23.7 Å². The Morgan fingerprint density at radius 2 is 2.00 bits per heavy atom. The maximum atomic E-state index is 12.1. The number of nitrogens with one attached hydrogen (secondary N) is 1. The number of carbonyl (C=O) groups excluding carboxylic acids is 3. The lowest BCUT2D eigenvalue weighted by atomic mass is 10.1. The van der Waals surface area contributed by atoms with Gasteiger partial charge in [0.15, 0.2) is 0 Å². The summed E-state index contributed by atoms with van der Waals surface area (Å²) in [7, 11) is 0. The fourth-order valence-corrected chi connectivity index (χ4v) is 2.19. The number of likely N-dealkylation sites (tertiary alicyclic amines) is 1. The highest BCUT2D eigenvalue weighted by Gasteiger charge is 2.37. The first-order chi connectivity index (χ1) is 9.73. The Morgan fingerprint density at radius 1 is 1.38 bits per heavy atom. The molecule has 1 heterocycles. The lowest BCUT2D eigenvalue weighted by Crippen LogP contribution is -2.53. The summed E-state index contributed by atoms with van der Waals surface area (Å²) in [6.07, 6.45) is 0.733. The topological polar surface area (TPSA) is 156 Å². The summed E-state index contributed by atoms with van der Waals surface area (Å²) in [4.78, 5) is 46.9. The lowest BCUT2D eigenvalue weighted by Gasteiger charge is -2.26. The van der Waals surface area contributed by atoms with Crippen molar-refractivity contribution in [1.82, 2.24) is 10.2 Å². The van der Waals surface area contributed by atoms with Gasteiger partial charge in [-0.1, -0.05) is 0 Å². The summed E-state index contributed by atoms with van der Waals surface area (Å²) in [5, 5.41) is 11.1. The van der Waals surface area contributed by atoms with Crippen LogP contribution in [0.2, 0.25) is 0 Å². The number of aliphatic carboxylic acids is 1. The van der Waals surface area contributed by atoms with Crippen molar-refractivity contribution in [3.05, 3.63) is 0 Å². The van der Waals surface area contributed by atoms with Crippen LogP contribution < -0.4 is 16.8 Å². The normalized spacial score (nSPS) is 20.7. The van der Waals surface area contributed by atoms with Gasteiger partial charge >= 0.3 is 5.97 Å². The number of nitrogens with two attached hydrogens (primary N) is 2. The smallest absolute Gasteiger partial charge is 0.325 e. The van der Waals surface area contributed by atoms with Crippen molar-refractivity contribution in [3.8, 4) is 0 Å². The molecular formula is C12H20N4O5. The van der Waals surface area contributed by atoms with Gasteiger partial charge in [-0.25, -0.2) is 0 Å². The summed E-state index contributed by atoms with van der Waals surface area (Å²) in [5.41, 5.74) is 10.6. The molecule has 0 aromatic heterocycles. The number of nitrogens with zero attached hydrogens (tertiary/aromatic N) is 1. The van der Waals surface area contributed by atoms with Gasteiger partial charge in [-0.2, -0.15) is 0 Å². The molecule has 9 nitrogen and oxygen atoms in total. The van der Waals surface area contributed by atoms with Crippen LogP contribution >= 0.6 is 0 Å². The lowest BCUT2D eigenvalue weighted by molar-refractivity contribution is -0.144. The van der Waals surface area contributed by atoms with E-state index >= 15 is 0 Å². The molecule has 118 valence electrons. The van der Waals surface area contributed by atoms with E-state index in [9.17, 15) is 19.2 Å². The molecule has 21 heavy (non-hydrogen) atoms. The number of primary amides is 1. The Balaban J connectivity index is 2.70. The molecule has 1 rings (SSSR count). The molecule has 0 unspecified atom stereocenters. The van der Waals surface area contributed by atoms with Crippen LogP contribution in [0.25, 0.3) is 0 Å². The van der Waals surface area contributed by atoms with E-state index in [0.717, 1.165) is 0 Å². The summed E-state index contributed by atoms with van der Waals surface area (Å²) >= 11 is 0. The molecule has 3 atom stereocenters. The highest BCUT2D eigenvalue weighted by molar-refractivity contribution is 5.93. The molecule has 0 aliphatic carbocycles. The number of hydrogen-bond acceptors (Lipinski definition) is 5. The van der Waals surface area contributed by atoms with E-state index in [2.05, 4.69) is 5.32 Å². The molecular weight excluding hydrogens is 280 g/mol. The molecule has 1 fully saturated rings. The Morgan fingerprint density at radius 3 is 2.52 bits per heavy atom. The monoisotopic (exact) mass is 300 g/mol. The second-order valence-electron chi connectivity index (χ2n) is 5.04. The first-order valence-corrected chi connectivity index (χ1v) is 6.61. The minimum atomic E-state index is -1.16.